The van der Waals surface area contributed by atoms with Crippen LogP contribution in [0.25, 0.3) is 0 Å². The Labute approximate surface area is 174 Å². The van der Waals surface area contributed by atoms with Gasteiger partial charge in [0.15, 0.2) is 0 Å². The van der Waals surface area contributed by atoms with Crippen LogP contribution in [0.1, 0.15) is 42.7 Å². The van der Waals surface area contributed by atoms with Gasteiger partial charge in [-0.1, -0.05) is 41.4 Å². The Morgan fingerprint density at radius 1 is 0.964 bits per heavy atom. The largest absolute Gasteiger partial charge is 0.481 e. The molecule has 0 unspecified atom stereocenters. The molecule has 0 aliphatic heterocycles. The summed E-state index contributed by atoms with van der Waals surface area (Å²) in [4.78, 5) is 23.1. The van der Waals surface area contributed by atoms with E-state index in [1.165, 1.54) is 5.56 Å². The van der Waals surface area contributed by atoms with Crippen LogP contribution in [-0.4, -0.2) is 17.1 Å². The second-order valence-corrected chi connectivity index (χ2v) is 7.88. The van der Waals surface area contributed by atoms with Crippen LogP contribution >= 0.6 is 23.2 Å². The molecule has 7 heteroatoms. The molecule has 0 heterocycles. The molecular formula is C21H22Cl2N2O3. The van der Waals surface area contributed by atoms with Gasteiger partial charge in [-0.05, 0) is 67.0 Å². The number of nitrogens with one attached hydrogen (secondary N) is 2. The van der Waals surface area contributed by atoms with E-state index >= 15 is 0 Å². The number of rotatable bonds is 5. The summed E-state index contributed by atoms with van der Waals surface area (Å²) in [6.07, 6.45) is 3.20. The summed E-state index contributed by atoms with van der Waals surface area (Å²) in [6, 6.07) is 12.7. The second-order valence-electron chi connectivity index (χ2n) is 7.06. The highest BCUT2D eigenvalue weighted by molar-refractivity contribution is 6.42. The van der Waals surface area contributed by atoms with Crippen molar-refractivity contribution in [2.45, 2.75) is 38.1 Å². The molecule has 5 nitrogen and oxygen atoms in total. The average Bonchev–Trinajstić information content (AvgIpc) is 2.69. The summed E-state index contributed by atoms with van der Waals surface area (Å²) in [5.41, 5.74) is 2.75. The van der Waals surface area contributed by atoms with Gasteiger partial charge in [-0.3, -0.25) is 4.79 Å². The summed E-state index contributed by atoms with van der Waals surface area (Å²) in [5, 5.41) is 15.6. The predicted molar refractivity (Wildman–Crippen MR) is 111 cm³/mol. The standard InChI is InChI=1S/C21H22Cl2N2O3/c22-18-10-1-13(11-19(18)23)12-24-21(28)25-17-8-6-15(7-9-17)14-2-4-16(5-3-14)20(26)27/h1,6-11,14,16H,2-5,12H2,(H,26,27)(H2,24,25,28)/t14-,16+. The highest BCUT2D eigenvalue weighted by atomic mass is 35.5. The number of aliphatic carboxylic acids is 1. The monoisotopic (exact) mass is 420 g/mol. The Balaban J connectivity index is 1.49. The van der Waals surface area contributed by atoms with Crippen molar-refractivity contribution in [3.05, 3.63) is 63.6 Å². The van der Waals surface area contributed by atoms with E-state index in [1.54, 1.807) is 12.1 Å². The lowest BCUT2D eigenvalue weighted by molar-refractivity contribution is -0.142. The topological polar surface area (TPSA) is 78.4 Å². The van der Waals surface area contributed by atoms with Gasteiger partial charge in [0.25, 0.3) is 0 Å². The SMILES string of the molecule is O=C(NCc1ccc(Cl)c(Cl)c1)Nc1ccc([C@H]2CC[C@@H](C(=O)O)CC2)cc1. The van der Waals surface area contributed by atoms with Gasteiger partial charge < -0.3 is 15.7 Å². The number of carboxylic acids is 1. The van der Waals surface area contributed by atoms with Crippen LogP contribution in [-0.2, 0) is 11.3 Å². The molecule has 0 aromatic heterocycles. The number of carbonyl (C=O) groups is 2. The third-order valence-electron chi connectivity index (χ3n) is 5.15. The fourth-order valence-electron chi connectivity index (χ4n) is 3.52. The third-order valence-corrected chi connectivity index (χ3v) is 5.89. The van der Waals surface area contributed by atoms with Crippen molar-refractivity contribution in [2.75, 3.05) is 5.32 Å². The molecule has 2 amide bonds. The minimum atomic E-state index is -0.690. The zero-order valence-electron chi connectivity index (χ0n) is 15.3. The molecule has 0 saturated heterocycles. The fraction of sp³-hybridized carbons (Fsp3) is 0.333. The van der Waals surface area contributed by atoms with E-state index in [0.717, 1.165) is 31.2 Å². The molecule has 1 aliphatic carbocycles. The molecule has 1 aliphatic rings. The van der Waals surface area contributed by atoms with Crippen molar-refractivity contribution in [2.24, 2.45) is 5.92 Å². The Bertz CT molecular complexity index is 847. The molecule has 0 spiro atoms. The van der Waals surface area contributed by atoms with E-state index in [-0.39, 0.29) is 11.9 Å². The molecule has 0 atom stereocenters. The Morgan fingerprint density at radius 3 is 2.25 bits per heavy atom. The predicted octanol–water partition coefficient (Wildman–Crippen LogP) is 5.67. The number of hydrogen-bond acceptors (Lipinski definition) is 2. The lowest BCUT2D eigenvalue weighted by Crippen LogP contribution is -2.28. The summed E-state index contributed by atoms with van der Waals surface area (Å²) in [7, 11) is 0. The first-order valence-electron chi connectivity index (χ1n) is 9.24. The first kappa shape index (κ1) is 20.5. The first-order valence-corrected chi connectivity index (χ1v) is 9.99. The Kier molecular flexibility index (Phi) is 6.81. The summed E-state index contributed by atoms with van der Waals surface area (Å²) >= 11 is 11.9. The molecule has 2 aromatic rings. The van der Waals surface area contributed by atoms with Crippen molar-refractivity contribution in [3.8, 4) is 0 Å². The van der Waals surface area contributed by atoms with Gasteiger partial charge >= 0.3 is 12.0 Å². The average molecular weight is 421 g/mol. The van der Waals surface area contributed by atoms with Crippen LogP contribution in [0.3, 0.4) is 0 Å². The van der Waals surface area contributed by atoms with Crippen LogP contribution in [0.2, 0.25) is 10.0 Å². The molecule has 148 valence electrons. The maximum Gasteiger partial charge on any atom is 0.319 e. The highest BCUT2D eigenvalue weighted by Gasteiger charge is 2.26. The number of carbonyl (C=O) groups excluding carboxylic acids is 1. The zero-order valence-corrected chi connectivity index (χ0v) is 16.8. The van der Waals surface area contributed by atoms with E-state index in [2.05, 4.69) is 10.6 Å². The van der Waals surface area contributed by atoms with E-state index in [1.807, 2.05) is 30.3 Å². The third kappa shape index (κ3) is 5.40. The second kappa shape index (κ2) is 9.30. The number of urea groups is 1. The van der Waals surface area contributed by atoms with Gasteiger partial charge in [0.2, 0.25) is 0 Å². The minimum absolute atomic E-state index is 0.212. The van der Waals surface area contributed by atoms with Crippen molar-refractivity contribution < 1.29 is 14.7 Å². The molecule has 0 bridgehead atoms. The van der Waals surface area contributed by atoms with Gasteiger partial charge in [0.1, 0.15) is 0 Å². The number of hydrogen-bond donors (Lipinski definition) is 3. The molecular weight excluding hydrogens is 399 g/mol. The van der Waals surface area contributed by atoms with Crippen molar-refractivity contribution in [3.63, 3.8) is 0 Å². The smallest absolute Gasteiger partial charge is 0.319 e. The minimum Gasteiger partial charge on any atom is -0.481 e. The van der Waals surface area contributed by atoms with Crippen molar-refractivity contribution >= 4 is 40.9 Å². The highest BCUT2D eigenvalue weighted by Crippen LogP contribution is 2.36. The molecule has 28 heavy (non-hydrogen) atoms. The molecule has 3 N–H and O–H groups in total. The summed E-state index contributed by atoms with van der Waals surface area (Å²) in [5.74, 6) is -0.519. The van der Waals surface area contributed by atoms with Crippen LogP contribution in [0.15, 0.2) is 42.5 Å². The molecule has 0 radical (unpaired) electrons. The lowest BCUT2D eigenvalue weighted by Gasteiger charge is -2.26. The van der Waals surface area contributed by atoms with Crippen molar-refractivity contribution in [1.82, 2.24) is 5.32 Å². The maximum absolute atomic E-state index is 12.1. The quantitative estimate of drug-likeness (QED) is 0.582. The van der Waals surface area contributed by atoms with E-state index in [0.29, 0.717) is 28.2 Å². The molecule has 3 rings (SSSR count). The van der Waals surface area contributed by atoms with Gasteiger partial charge in [-0.25, -0.2) is 4.79 Å². The van der Waals surface area contributed by atoms with Crippen LogP contribution in [0.5, 0.6) is 0 Å². The zero-order chi connectivity index (χ0) is 20.1. The van der Waals surface area contributed by atoms with Crippen LogP contribution in [0, 0.1) is 5.92 Å². The number of halogens is 2. The van der Waals surface area contributed by atoms with Gasteiger partial charge in [-0.15, -0.1) is 0 Å². The summed E-state index contributed by atoms with van der Waals surface area (Å²) < 4.78 is 0. The first-order chi connectivity index (χ1) is 13.4. The van der Waals surface area contributed by atoms with Crippen LogP contribution in [0.4, 0.5) is 10.5 Å². The lowest BCUT2D eigenvalue weighted by atomic mass is 9.79. The number of amides is 2. The Morgan fingerprint density at radius 2 is 1.64 bits per heavy atom. The fourth-order valence-corrected chi connectivity index (χ4v) is 3.84. The van der Waals surface area contributed by atoms with Gasteiger partial charge in [0.05, 0.1) is 16.0 Å². The van der Waals surface area contributed by atoms with Gasteiger partial charge in [-0.2, -0.15) is 0 Å². The number of anilines is 1. The number of benzene rings is 2. The number of carboxylic acid groups (broad SMARTS) is 1. The molecule has 2 aromatic carbocycles. The maximum atomic E-state index is 12.1. The van der Waals surface area contributed by atoms with Crippen molar-refractivity contribution in [1.29, 1.82) is 0 Å². The van der Waals surface area contributed by atoms with E-state index in [4.69, 9.17) is 28.3 Å². The van der Waals surface area contributed by atoms with E-state index < -0.39 is 5.97 Å². The van der Waals surface area contributed by atoms with Gasteiger partial charge in [0, 0.05) is 12.2 Å². The molecule has 1 fully saturated rings. The van der Waals surface area contributed by atoms with E-state index in [9.17, 15) is 9.59 Å². The normalized spacial score (nSPS) is 19.1. The Hall–Kier alpha value is -2.24. The summed E-state index contributed by atoms with van der Waals surface area (Å²) in [6.45, 7) is 0.341. The molecule has 1 saturated carbocycles. The van der Waals surface area contributed by atoms with Crippen LogP contribution < -0.4 is 10.6 Å².